The SMILES string of the molecule is CCN(c1ccccc1)C1(CN)CCCC(C2CC2)C1. The van der Waals surface area contributed by atoms with E-state index >= 15 is 0 Å². The second kappa shape index (κ2) is 5.77. The molecule has 2 nitrogen and oxygen atoms in total. The van der Waals surface area contributed by atoms with E-state index in [9.17, 15) is 0 Å². The first-order valence-electron chi connectivity index (χ1n) is 8.32. The lowest BCUT2D eigenvalue weighted by Gasteiger charge is -2.49. The Morgan fingerprint density at radius 3 is 2.50 bits per heavy atom. The lowest BCUT2D eigenvalue weighted by molar-refractivity contribution is 0.200. The van der Waals surface area contributed by atoms with E-state index in [-0.39, 0.29) is 5.54 Å². The average molecular weight is 272 g/mol. The van der Waals surface area contributed by atoms with Crippen LogP contribution in [0.25, 0.3) is 0 Å². The number of benzene rings is 1. The van der Waals surface area contributed by atoms with E-state index in [0.29, 0.717) is 0 Å². The van der Waals surface area contributed by atoms with Gasteiger partial charge in [-0.05, 0) is 56.6 Å². The van der Waals surface area contributed by atoms with Crippen LogP contribution in [0.5, 0.6) is 0 Å². The Bertz CT molecular complexity index is 426. The molecule has 0 amide bonds. The van der Waals surface area contributed by atoms with Crippen LogP contribution in [-0.4, -0.2) is 18.6 Å². The maximum atomic E-state index is 6.29. The van der Waals surface area contributed by atoms with Gasteiger partial charge in [-0.25, -0.2) is 0 Å². The molecule has 1 aromatic rings. The minimum atomic E-state index is 0.196. The Balaban J connectivity index is 1.85. The highest BCUT2D eigenvalue weighted by Gasteiger charge is 2.44. The molecule has 1 aromatic carbocycles. The first-order chi connectivity index (χ1) is 9.79. The van der Waals surface area contributed by atoms with E-state index in [1.807, 2.05) is 0 Å². The number of hydrogen-bond donors (Lipinski definition) is 1. The number of rotatable bonds is 5. The monoisotopic (exact) mass is 272 g/mol. The van der Waals surface area contributed by atoms with E-state index in [1.165, 1.54) is 44.2 Å². The van der Waals surface area contributed by atoms with Crippen molar-refractivity contribution < 1.29 is 0 Å². The fourth-order valence-electron chi connectivity index (χ4n) is 4.30. The largest absolute Gasteiger partial charge is 0.365 e. The molecule has 0 saturated heterocycles. The Labute approximate surface area is 123 Å². The molecular formula is C18H28N2. The van der Waals surface area contributed by atoms with Crippen molar-refractivity contribution >= 4 is 5.69 Å². The van der Waals surface area contributed by atoms with Gasteiger partial charge in [0.05, 0.1) is 5.54 Å². The summed E-state index contributed by atoms with van der Waals surface area (Å²) in [7, 11) is 0. The normalized spacial score (nSPS) is 30.2. The second-order valence-corrected chi connectivity index (χ2v) is 6.70. The van der Waals surface area contributed by atoms with Gasteiger partial charge < -0.3 is 10.6 Å². The Morgan fingerprint density at radius 1 is 1.15 bits per heavy atom. The average Bonchev–Trinajstić information content (AvgIpc) is 3.34. The molecule has 0 spiro atoms. The molecule has 0 radical (unpaired) electrons. The Hall–Kier alpha value is -1.02. The van der Waals surface area contributed by atoms with Crippen LogP contribution in [0.3, 0.4) is 0 Å². The van der Waals surface area contributed by atoms with Gasteiger partial charge in [0.1, 0.15) is 0 Å². The van der Waals surface area contributed by atoms with E-state index in [1.54, 1.807) is 0 Å². The molecule has 3 rings (SSSR count). The van der Waals surface area contributed by atoms with Gasteiger partial charge in [0, 0.05) is 18.8 Å². The summed E-state index contributed by atoms with van der Waals surface area (Å²) >= 11 is 0. The van der Waals surface area contributed by atoms with Crippen LogP contribution < -0.4 is 10.6 Å². The summed E-state index contributed by atoms with van der Waals surface area (Å²) in [5.41, 5.74) is 7.83. The second-order valence-electron chi connectivity index (χ2n) is 6.70. The van der Waals surface area contributed by atoms with Crippen molar-refractivity contribution in [3.05, 3.63) is 30.3 Å². The highest BCUT2D eigenvalue weighted by atomic mass is 15.2. The number of nitrogens with zero attached hydrogens (tertiary/aromatic N) is 1. The van der Waals surface area contributed by atoms with E-state index in [0.717, 1.165) is 24.9 Å². The molecule has 2 unspecified atom stereocenters. The Morgan fingerprint density at radius 2 is 1.90 bits per heavy atom. The summed E-state index contributed by atoms with van der Waals surface area (Å²) in [6.07, 6.45) is 8.26. The number of anilines is 1. The molecule has 0 heterocycles. The molecule has 0 aliphatic heterocycles. The quantitative estimate of drug-likeness (QED) is 0.883. The molecule has 0 aromatic heterocycles. The number of hydrogen-bond acceptors (Lipinski definition) is 2. The van der Waals surface area contributed by atoms with Gasteiger partial charge in [0.2, 0.25) is 0 Å². The van der Waals surface area contributed by atoms with Gasteiger partial charge in [-0.3, -0.25) is 0 Å². The fourth-order valence-corrected chi connectivity index (χ4v) is 4.30. The third kappa shape index (κ3) is 2.58. The standard InChI is InChI=1S/C18H28N2/c1-2-20(17-8-4-3-5-9-17)18(14-19)12-6-7-16(13-18)15-10-11-15/h3-5,8-9,15-16H,2,6-7,10-14,19H2,1H3. The first kappa shape index (κ1) is 13.9. The third-order valence-corrected chi connectivity index (χ3v) is 5.48. The van der Waals surface area contributed by atoms with Gasteiger partial charge in [0.15, 0.2) is 0 Å². The minimum absolute atomic E-state index is 0.196. The molecule has 20 heavy (non-hydrogen) atoms. The van der Waals surface area contributed by atoms with E-state index < -0.39 is 0 Å². The zero-order valence-electron chi connectivity index (χ0n) is 12.7. The summed E-state index contributed by atoms with van der Waals surface area (Å²) in [6, 6.07) is 10.9. The van der Waals surface area contributed by atoms with Gasteiger partial charge in [-0.1, -0.05) is 31.0 Å². The van der Waals surface area contributed by atoms with Crippen molar-refractivity contribution in [3.63, 3.8) is 0 Å². The van der Waals surface area contributed by atoms with Crippen LogP contribution >= 0.6 is 0 Å². The molecular weight excluding hydrogens is 244 g/mol. The summed E-state index contributed by atoms with van der Waals surface area (Å²) < 4.78 is 0. The Kier molecular flexibility index (Phi) is 4.02. The van der Waals surface area contributed by atoms with Crippen molar-refractivity contribution in [1.82, 2.24) is 0 Å². The zero-order chi connectivity index (χ0) is 14.0. The fraction of sp³-hybridized carbons (Fsp3) is 0.667. The summed E-state index contributed by atoms with van der Waals surface area (Å²) in [5, 5.41) is 0. The van der Waals surface area contributed by atoms with E-state index in [2.05, 4.69) is 42.2 Å². The number of para-hydroxylation sites is 1. The molecule has 2 heteroatoms. The van der Waals surface area contributed by atoms with Crippen LogP contribution in [0.4, 0.5) is 5.69 Å². The molecule has 2 aliphatic carbocycles. The highest BCUT2D eigenvalue weighted by molar-refractivity contribution is 5.49. The summed E-state index contributed by atoms with van der Waals surface area (Å²) in [5.74, 6) is 1.93. The van der Waals surface area contributed by atoms with Gasteiger partial charge in [0.25, 0.3) is 0 Å². The predicted octanol–water partition coefficient (Wildman–Crippen LogP) is 3.81. The first-order valence-corrected chi connectivity index (χ1v) is 8.32. The third-order valence-electron chi connectivity index (χ3n) is 5.48. The van der Waals surface area contributed by atoms with Crippen LogP contribution in [0.2, 0.25) is 0 Å². The van der Waals surface area contributed by atoms with Crippen molar-refractivity contribution in [3.8, 4) is 0 Å². The molecule has 2 saturated carbocycles. The molecule has 0 bridgehead atoms. The predicted molar refractivity (Wildman–Crippen MR) is 85.9 cm³/mol. The van der Waals surface area contributed by atoms with Crippen LogP contribution in [0.15, 0.2) is 30.3 Å². The topological polar surface area (TPSA) is 29.3 Å². The van der Waals surface area contributed by atoms with Crippen LogP contribution in [-0.2, 0) is 0 Å². The van der Waals surface area contributed by atoms with Gasteiger partial charge >= 0.3 is 0 Å². The minimum Gasteiger partial charge on any atom is -0.365 e. The van der Waals surface area contributed by atoms with Crippen LogP contribution in [0, 0.1) is 11.8 Å². The molecule has 110 valence electrons. The zero-order valence-corrected chi connectivity index (χ0v) is 12.7. The summed E-state index contributed by atoms with van der Waals surface area (Å²) in [4.78, 5) is 2.58. The lowest BCUT2D eigenvalue weighted by atomic mass is 9.72. The van der Waals surface area contributed by atoms with Gasteiger partial charge in [-0.2, -0.15) is 0 Å². The number of likely N-dealkylation sites (N-methyl/N-ethyl adjacent to an activating group) is 1. The van der Waals surface area contributed by atoms with Crippen molar-refractivity contribution in [2.24, 2.45) is 17.6 Å². The van der Waals surface area contributed by atoms with Gasteiger partial charge in [-0.15, -0.1) is 0 Å². The smallest absolute Gasteiger partial charge is 0.0526 e. The highest BCUT2D eigenvalue weighted by Crippen LogP contribution is 2.48. The summed E-state index contributed by atoms with van der Waals surface area (Å²) in [6.45, 7) is 4.11. The number of nitrogens with two attached hydrogens (primary N) is 1. The van der Waals surface area contributed by atoms with Crippen LogP contribution in [0.1, 0.15) is 45.4 Å². The molecule has 2 atom stereocenters. The maximum absolute atomic E-state index is 6.29. The maximum Gasteiger partial charge on any atom is 0.0526 e. The lowest BCUT2D eigenvalue weighted by Crippen LogP contribution is -2.57. The molecule has 2 fully saturated rings. The molecule has 2 N–H and O–H groups in total. The van der Waals surface area contributed by atoms with Crippen molar-refractivity contribution in [1.29, 1.82) is 0 Å². The van der Waals surface area contributed by atoms with Crippen molar-refractivity contribution in [2.45, 2.75) is 51.0 Å². The van der Waals surface area contributed by atoms with E-state index in [4.69, 9.17) is 5.73 Å². The van der Waals surface area contributed by atoms with Crippen molar-refractivity contribution in [2.75, 3.05) is 18.0 Å². The molecule has 2 aliphatic rings.